The summed E-state index contributed by atoms with van der Waals surface area (Å²) < 4.78 is 39.8. The average molecular weight is 736 g/mol. The van der Waals surface area contributed by atoms with E-state index in [4.69, 9.17) is 34.2 Å². The highest BCUT2D eigenvalue weighted by Gasteiger charge is 2.56. The molecule has 7 aliphatic rings. The molecule has 0 radical (unpaired) electrons. The molecule has 10 heteroatoms. The summed E-state index contributed by atoms with van der Waals surface area (Å²) in [4.78, 5) is 0. The minimum absolute atomic E-state index is 0.0216. The first-order valence-corrected chi connectivity index (χ1v) is 21.9. The molecule has 7 rings (SSSR count). The predicted molar refractivity (Wildman–Crippen MR) is 198 cm³/mol. The van der Waals surface area contributed by atoms with Crippen LogP contribution < -0.4 is 11.1 Å². The van der Waals surface area contributed by atoms with E-state index < -0.39 is 6.10 Å². The first-order valence-electron chi connectivity index (χ1n) is 21.9. The van der Waals surface area contributed by atoms with E-state index >= 15 is 0 Å². The molecule has 11 unspecified atom stereocenters. The molecule has 6 N–H and O–H groups in total. The molecule has 0 amide bonds. The Labute approximate surface area is 314 Å². The highest BCUT2D eigenvalue weighted by Crippen LogP contribution is 2.51. The largest absolute Gasteiger partial charge is 0.393 e. The third kappa shape index (κ3) is 9.75. The van der Waals surface area contributed by atoms with Gasteiger partial charge in [-0.15, -0.1) is 0 Å². The maximum Gasteiger partial charge on any atom is 0.137 e. The van der Waals surface area contributed by atoms with Crippen molar-refractivity contribution in [1.82, 2.24) is 0 Å². The summed E-state index contributed by atoms with van der Waals surface area (Å²) in [6, 6.07) is 0. The fourth-order valence-electron chi connectivity index (χ4n) is 12.4. The zero-order valence-electron chi connectivity index (χ0n) is 32.6. The molecule has 4 saturated carbocycles. The summed E-state index contributed by atoms with van der Waals surface area (Å²) in [7, 11) is 3.62. The van der Waals surface area contributed by atoms with Crippen molar-refractivity contribution in [2.24, 2.45) is 47.2 Å². The van der Waals surface area contributed by atoms with E-state index in [0.29, 0.717) is 43.7 Å². The lowest BCUT2D eigenvalue weighted by molar-refractivity contribution is -0.699. The lowest BCUT2D eigenvalue weighted by atomic mass is 9.62. The van der Waals surface area contributed by atoms with Crippen LogP contribution in [0.25, 0.3) is 0 Å². The number of aliphatic hydroxyl groups excluding tert-OH is 2. The monoisotopic (exact) mass is 736 g/mol. The van der Waals surface area contributed by atoms with Gasteiger partial charge >= 0.3 is 0 Å². The molecule has 0 aromatic rings. The lowest BCUT2D eigenvalue weighted by Crippen LogP contribution is -2.94. The number of ether oxygens (including phenoxy) is 6. The highest BCUT2D eigenvalue weighted by atomic mass is 16.5. The van der Waals surface area contributed by atoms with E-state index in [1.54, 1.807) is 7.11 Å². The van der Waals surface area contributed by atoms with E-state index in [1.807, 2.05) is 7.11 Å². The van der Waals surface area contributed by atoms with Crippen molar-refractivity contribution in [2.45, 2.75) is 183 Å². The number of fused-ring (bicyclic) bond motifs is 2. The molecule has 16 atom stereocenters. The van der Waals surface area contributed by atoms with Crippen molar-refractivity contribution < 1.29 is 44.0 Å². The number of methoxy groups -OCH3 is 2. The fraction of sp³-hybridized carbons (Fsp3) is 1.00. The van der Waals surface area contributed by atoms with Crippen LogP contribution >= 0.6 is 0 Å². The summed E-state index contributed by atoms with van der Waals surface area (Å²) >= 11 is 0. The third-order valence-electron chi connectivity index (χ3n) is 14.9. The minimum atomic E-state index is -0.511. The van der Waals surface area contributed by atoms with Gasteiger partial charge in [-0.1, -0.05) is 25.7 Å². The van der Waals surface area contributed by atoms with Gasteiger partial charge in [0.05, 0.1) is 68.1 Å². The average Bonchev–Trinajstić information content (AvgIpc) is 3.65. The van der Waals surface area contributed by atoms with Crippen LogP contribution in [0.15, 0.2) is 0 Å². The van der Waals surface area contributed by atoms with Gasteiger partial charge in [-0.3, -0.25) is 5.73 Å². The Kier molecular flexibility index (Phi) is 14.7. The molecular formula is C42H75N2O8+. The zero-order valence-corrected chi connectivity index (χ0v) is 32.6. The van der Waals surface area contributed by atoms with Gasteiger partial charge in [0.1, 0.15) is 6.17 Å². The smallest absolute Gasteiger partial charge is 0.137 e. The van der Waals surface area contributed by atoms with Gasteiger partial charge in [-0.2, -0.15) is 0 Å². The maximum absolute atomic E-state index is 12.8. The standard InChI is InChI=1S/C42H74N2O8/c1-47-17-6-11-37-39(42(33-23-31(48-2)12-13-36(33)52-37)49-18-15-26-14-16-44-38(43)21-26)35-25-50-41-28(19-27-7-5-8-29(45)20-27)22-32(24-34(41)40(35)46)51-30-9-3-4-10-30/h26-42,44-46H,3-25,43H2,1-2H3/p+1/t26?,27?,28?,29?,31?,32?,33?,34?,35-,36?,37-,38?,39+,40+,41?,42-/m0/s1. The van der Waals surface area contributed by atoms with Gasteiger partial charge in [0.2, 0.25) is 0 Å². The first-order chi connectivity index (χ1) is 25.4. The summed E-state index contributed by atoms with van der Waals surface area (Å²) in [6.45, 7) is 3.04. The van der Waals surface area contributed by atoms with Crippen molar-refractivity contribution >= 4 is 0 Å². The second-order valence-electron chi connectivity index (χ2n) is 18.4. The molecule has 52 heavy (non-hydrogen) atoms. The van der Waals surface area contributed by atoms with Crippen LogP contribution in [-0.4, -0.2) is 112 Å². The molecule has 300 valence electrons. The van der Waals surface area contributed by atoms with Crippen LogP contribution in [0, 0.1) is 41.4 Å². The number of piperidine rings is 1. The molecule has 3 saturated heterocycles. The predicted octanol–water partition coefficient (Wildman–Crippen LogP) is 4.32. The number of nitrogens with two attached hydrogens (primary N) is 2. The number of quaternary nitrogens is 1. The van der Waals surface area contributed by atoms with Gasteiger partial charge < -0.3 is 44.0 Å². The summed E-state index contributed by atoms with van der Waals surface area (Å²) in [5.74, 6) is 1.64. The number of aliphatic hydroxyl groups is 2. The number of rotatable bonds is 14. The van der Waals surface area contributed by atoms with Gasteiger partial charge in [-0.05, 0) is 108 Å². The van der Waals surface area contributed by atoms with E-state index in [2.05, 4.69) is 5.32 Å². The fourth-order valence-corrected chi connectivity index (χ4v) is 12.4. The molecule has 0 spiro atoms. The Bertz CT molecular complexity index is 1070. The zero-order chi connectivity index (χ0) is 36.0. The molecule has 4 aliphatic carbocycles. The van der Waals surface area contributed by atoms with Crippen LogP contribution in [0.4, 0.5) is 0 Å². The van der Waals surface area contributed by atoms with E-state index in [0.717, 1.165) is 103 Å². The Hall–Kier alpha value is -0.400. The van der Waals surface area contributed by atoms with Crippen LogP contribution in [0.1, 0.15) is 122 Å². The molecule has 10 nitrogen and oxygen atoms in total. The van der Waals surface area contributed by atoms with Crippen molar-refractivity contribution in [3.63, 3.8) is 0 Å². The van der Waals surface area contributed by atoms with Crippen molar-refractivity contribution in [1.29, 1.82) is 0 Å². The van der Waals surface area contributed by atoms with Crippen LogP contribution in [0.3, 0.4) is 0 Å². The van der Waals surface area contributed by atoms with Gasteiger partial charge in [-0.25, -0.2) is 0 Å². The second kappa shape index (κ2) is 19.2. The minimum Gasteiger partial charge on any atom is -0.393 e. The summed E-state index contributed by atoms with van der Waals surface area (Å²) in [5, 5.41) is 25.6. The van der Waals surface area contributed by atoms with Crippen LogP contribution in [0.5, 0.6) is 0 Å². The molecule has 3 heterocycles. The van der Waals surface area contributed by atoms with Crippen LogP contribution in [-0.2, 0) is 28.4 Å². The summed E-state index contributed by atoms with van der Waals surface area (Å²) in [6.07, 6.45) is 20.1. The summed E-state index contributed by atoms with van der Waals surface area (Å²) in [5.41, 5.74) is 6.35. The molecule has 7 fully saturated rings. The van der Waals surface area contributed by atoms with Crippen molar-refractivity contribution in [3.05, 3.63) is 0 Å². The SMILES string of the molecule is COCCC[C@@H]1OC2CCC(OC)CC2[C@H](OCCC2CC[NH2+]C(N)C2)[C@@H]1[C@@H]1COC2C(CC3CCCC(O)C3)CC(OC3CCCC3)CC2[C@H]1O. The van der Waals surface area contributed by atoms with Gasteiger partial charge in [0.15, 0.2) is 0 Å². The highest BCUT2D eigenvalue weighted by molar-refractivity contribution is 5.04. The Morgan fingerprint density at radius 1 is 0.769 bits per heavy atom. The maximum atomic E-state index is 12.8. The lowest BCUT2D eigenvalue weighted by Gasteiger charge is -2.56. The number of hydrogen-bond acceptors (Lipinski definition) is 9. The van der Waals surface area contributed by atoms with E-state index in [9.17, 15) is 10.2 Å². The quantitative estimate of drug-likeness (QED) is 0.192. The van der Waals surface area contributed by atoms with E-state index in [1.165, 1.54) is 25.7 Å². The van der Waals surface area contributed by atoms with Crippen LogP contribution in [0.2, 0.25) is 0 Å². The Morgan fingerprint density at radius 3 is 2.40 bits per heavy atom. The molecule has 0 bridgehead atoms. The van der Waals surface area contributed by atoms with Gasteiger partial charge in [0.25, 0.3) is 0 Å². The topological polar surface area (TPSA) is 138 Å². The Morgan fingerprint density at radius 2 is 1.62 bits per heavy atom. The number of hydrogen-bond donors (Lipinski definition) is 4. The molecular weight excluding hydrogens is 660 g/mol. The Balaban J connectivity index is 1.13. The molecule has 0 aromatic heterocycles. The second-order valence-corrected chi connectivity index (χ2v) is 18.4. The third-order valence-corrected chi connectivity index (χ3v) is 14.9. The molecule has 0 aromatic carbocycles. The van der Waals surface area contributed by atoms with Crippen molar-refractivity contribution in [3.8, 4) is 0 Å². The van der Waals surface area contributed by atoms with Crippen molar-refractivity contribution in [2.75, 3.05) is 40.6 Å². The van der Waals surface area contributed by atoms with Gasteiger partial charge in [0, 0.05) is 57.5 Å². The van der Waals surface area contributed by atoms with E-state index in [-0.39, 0.29) is 72.6 Å². The molecule has 3 aliphatic heterocycles. The normalized spacial score (nSPS) is 46.1. The first kappa shape index (κ1) is 39.8.